The first kappa shape index (κ1) is 14.7. The molecule has 1 aliphatic rings. The Balaban J connectivity index is 2.32. The van der Waals surface area contributed by atoms with Crippen molar-refractivity contribution in [2.45, 2.75) is 32.7 Å². The third kappa shape index (κ3) is 4.87. The molecule has 1 aliphatic carbocycles. The highest BCUT2D eigenvalue weighted by Crippen LogP contribution is 2.24. The molecular weight excluding hydrogens is 234 g/mol. The lowest BCUT2D eigenvalue weighted by Crippen LogP contribution is -2.43. The molecule has 5 heteroatoms. The molecule has 1 amide bonds. The predicted molar refractivity (Wildman–Crippen MR) is 67.1 cm³/mol. The van der Waals surface area contributed by atoms with Crippen LogP contribution in [-0.4, -0.2) is 36.2 Å². The summed E-state index contributed by atoms with van der Waals surface area (Å²) in [7, 11) is 0. The van der Waals surface area contributed by atoms with Gasteiger partial charge in [-0.15, -0.1) is 0 Å². The molecule has 102 valence electrons. The second-order valence-electron chi connectivity index (χ2n) is 4.81. The molecule has 0 aromatic rings. The van der Waals surface area contributed by atoms with Crippen molar-refractivity contribution in [2.75, 3.05) is 13.2 Å². The van der Waals surface area contributed by atoms with E-state index >= 15 is 0 Å². The van der Waals surface area contributed by atoms with Gasteiger partial charge in [-0.1, -0.05) is 19.1 Å². The van der Waals surface area contributed by atoms with Gasteiger partial charge in [0.1, 0.15) is 0 Å². The lowest BCUT2D eigenvalue weighted by Gasteiger charge is -2.25. The molecule has 0 radical (unpaired) electrons. The maximum Gasteiger partial charge on any atom is 0.328 e. The Hall–Kier alpha value is -1.36. The van der Waals surface area contributed by atoms with Gasteiger partial charge >= 0.3 is 5.97 Å². The van der Waals surface area contributed by atoms with Crippen LogP contribution in [0.2, 0.25) is 0 Å². The van der Waals surface area contributed by atoms with E-state index in [2.05, 4.69) is 24.4 Å². The Labute approximate surface area is 107 Å². The smallest absolute Gasteiger partial charge is 0.328 e. The van der Waals surface area contributed by atoms with Gasteiger partial charge in [0.05, 0.1) is 13.2 Å². The third-order valence-corrected chi connectivity index (χ3v) is 3.21. The van der Waals surface area contributed by atoms with Gasteiger partial charge in [0.2, 0.25) is 5.91 Å². The molecule has 0 aromatic heterocycles. The van der Waals surface area contributed by atoms with Crippen LogP contribution in [0.3, 0.4) is 0 Å². The Kier molecular flexibility index (Phi) is 5.85. The number of aliphatic carboxylic acids is 1. The highest BCUT2D eigenvalue weighted by Gasteiger charge is 2.22. The fourth-order valence-electron chi connectivity index (χ4n) is 2.00. The highest BCUT2D eigenvalue weighted by atomic mass is 16.5. The number of ether oxygens (including phenoxy) is 1. The molecule has 5 nitrogen and oxygen atoms in total. The van der Waals surface area contributed by atoms with Crippen molar-refractivity contribution in [3.8, 4) is 0 Å². The summed E-state index contributed by atoms with van der Waals surface area (Å²) in [5.74, 6) is -0.442. The molecule has 0 fully saturated rings. The fourth-order valence-corrected chi connectivity index (χ4v) is 2.00. The summed E-state index contributed by atoms with van der Waals surface area (Å²) in [6, 6.07) is -0.961. The largest absolute Gasteiger partial charge is 0.480 e. The number of allylic oxidation sites excluding steroid dienone is 2. The SMILES string of the molecule is CC(=O)NC(COCC1CC=CCC1C)C(=O)O. The maximum absolute atomic E-state index is 10.9. The van der Waals surface area contributed by atoms with E-state index in [1.807, 2.05) is 0 Å². The topological polar surface area (TPSA) is 75.6 Å². The zero-order chi connectivity index (χ0) is 13.5. The number of carbonyl (C=O) groups excluding carboxylic acids is 1. The fraction of sp³-hybridized carbons (Fsp3) is 0.692. The summed E-state index contributed by atoms with van der Waals surface area (Å²) in [5, 5.41) is 11.3. The van der Waals surface area contributed by atoms with E-state index in [1.54, 1.807) is 0 Å². The van der Waals surface area contributed by atoms with Gasteiger partial charge in [0.25, 0.3) is 0 Å². The van der Waals surface area contributed by atoms with Crippen LogP contribution in [-0.2, 0) is 14.3 Å². The van der Waals surface area contributed by atoms with E-state index in [9.17, 15) is 9.59 Å². The van der Waals surface area contributed by atoms with E-state index in [1.165, 1.54) is 6.92 Å². The summed E-state index contributed by atoms with van der Waals surface area (Å²) < 4.78 is 5.44. The number of rotatable bonds is 6. The van der Waals surface area contributed by atoms with Crippen LogP contribution < -0.4 is 5.32 Å². The summed E-state index contributed by atoms with van der Waals surface area (Å²) in [6.45, 7) is 4.01. The predicted octanol–water partition coefficient (Wildman–Crippen LogP) is 1.19. The van der Waals surface area contributed by atoms with Crippen LogP contribution >= 0.6 is 0 Å². The van der Waals surface area contributed by atoms with E-state index in [-0.39, 0.29) is 12.5 Å². The van der Waals surface area contributed by atoms with Crippen LogP contribution in [0.25, 0.3) is 0 Å². The molecular formula is C13H21NO4. The molecule has 18 heavy (non-hydrogen) atoms. The first-order valence-electron chi connectivity index (χ1n) is 6.23. The third-order valence-electron chi connectivity index (χ3n) is 3.21. The lowest BCUT2D eigenvalue weighted by molar-refractivity contribution is -0.143. The molecule has 0 saturated heterocycles. The molecule has 2 N–H and O–H groups in total. The van der Waals surface area contributed by atoms with Gasteiger partial charge in [-0.2, -0.15) is 0 Å². The van der Waals surface area contributed by atoms with E-state index in [4.69, 9.17) is 9.84 Å². The molecule has 0 aromatic carbocycles. The number of amides is 1. The minimum absolute atomic E-state index is 0.0157. The second kappa shape index (κ2) is 7.16. The van der Waals surface area contributed by atoms with Gasteiger partial charge in [-0.3, -0.25) is 4.79 Å². The molecule has 0 saturated carbocycles. The Morgan fingerprint density at radius 1 is 1.44 bits per heavy atom. The zero-order valence-electron chi connectivity index (χ0n) is 10.9. The highest BCUT2D eigenvalue weighted by molar-refractivity contribution is 5.82. The van der Waals surface area contributed by atoms with Crippen LogP contribution in [0.4, 0.5) is 0 Å². The standard InChI is InChI=1S/C13H21NO4/c1-9-5-3-4-6-11(9)7-18-8-12(13(16)17)14-10(2)15/h3-4,9,11-12H,5-8H2,1-2H3,(H,14,15)(H,16,17). The van der Waals surface area contributed by atoms with Crippen LogP contribution in [0.1, 0.15) is 26.7 Å². The number of carbonyl (C=O) groups is 2. The van der Waals surface area contributed by atoms with Crippen LogP contribution in [0.15, 0.2) is 12.2 Å². The van der Waals surface area contributed by atoms with Crippen molar-refractivity contribution < 1.29 is 19.4 Å². The second-order valence-corrected chi connectivity index (χ2v) is 4.81. The van der Waals surface area contributed by atoms with E-state index in [0.29, 0.717) is 18.4 Å². The van der Waals surface area contributed by atoms with Crippen LogP contribution in [0, 0.1) is 11.8 Å². The van der Waals surface area contributed by atoms with Gasteiger partial charge in [-0.05, 0) is 24.7 Å². The molecule has 3 unspecified atom stereocenters. The summed E-state index contributed by atoms with van der Waals surface area (Å²) in [6.07, 6.45) is 6.32. The van der Waals surface area contributed by atoms with Crippen molar-refractivity contribution in [3.63, 3.8) is 0 Å². The average molecular weight is 255 g/mol. The maximum atomic E-state index is 10.9. The van der Waals surface area contributed by atoms with Gasteiger partial charge in [0.15, 0.2) is 6.04 Å². The Morgan fingerprint density at radius 2 is 2.11 bits per heavy atom. The normalized spacial score (nSPS) is 24.6. The van der Waals surface area contributed by atoms with Crippen molar-refractivity contribution in [1.29, 1.82) is 0 Å². The van der Waals surface area contributed by atoms with E-state index in [0.717, 1.165) is 12.8 Å². The number of carboxylic acids is 1. The van der Waals surface area contributed by atoms with Gasteiger partial charge in [0, 0.05) is 6.92 Å². The monoisotopic (exact) mass is 255 g/mol. The summed E-state index contributed by atoms with van der Waals surface area (Å²) in [4.78, 5) is 21.7. The number of nitrogens with one attached hydrogen (secondary N) is 1. The Morgan fingerprint density at radius 3 is 2.67 bits per heavy atom. The molecule has 0 aliphatic heterocycles. The van der Waals surface area contributed by atoms with Crippen LogP contribution in [0.5, 0.6) is 0 Å². The van der Waals surface area contributed by atoms with Crippen molar-refractivity contribution in [2.24, 2.45) is 11.8 Å². The summed E-state index contributed by atoms with van der Waals surface area (Å²) >= 11 is 0. The lowest BCUT2D eigenvalue weighted by atomic mass is 9.85. The number of hydrogen-bond donors (Lipinski definition) is 2. The first-order valence-corrected chi connectivity index (χ1v) is 6.23. The minimum atomic E-state index is -1.07. The number of hydrogen-bond acceptors (Lipinski definition) is 3. The van der Waals surface area contributed by atoms with E-state index < -0.39 is 12.0 Å². The number of carboxylic acid groups (broad SMARTS) is 1. The zero-order valence-corrected chi connectivity index (χ0v) is 10.9. The molecule has 3 atom stereocenters. The minimum Gasteiger partial charge on any atom is -0.480 e. The van der Waals surface area contributed by atoms with Crippen molar-refractivity contribution in [3.05, 3.63) is 12.2 Å². The first-order chi connectivity index (χ1) is 8.50. The molecule has 0 heterocycles. The average Bonchev–Trinajstić information content (AvgIpc) is 2.29. The summed E-state index contributed by atoms with van der Waals surface area (Å²) in [5.41, 5.74) is 0. The molecule has 1 rings (SSSR count). The van der Waals surface area contributed by atoms with Crippen molar-refractivity contribution in [1.82, 2.24) is 5.32 Å². The van der Waals surface area contributed by atoms with Crippen molar-refractivity contribution >= 4 is 11.9 Å². The Bertz CT molecular complexity index is 327. The van der Waals surface area contributed by atoms with Gasteiger partial charge < -0.3 is 15.2 Å². The molecule has 0 bridgehead atoms. The van der Waals surface area contributed by atoms with Gasteiger partial charge in [-0.25, -0.2) is 4.79 Å². The molecule has 0 spiro atoms. The quantitative estimate of drug-likeness (QED) is 0.699.